The van der Waals surface area contributed by atoms with Crippen molar-refractivity contribution in [2.45, 2.75) is 122 Å². The Labute approximate surface area is 823 Å². The number of nitrogens with zero attached hydrogens (tertiary/aromatic N) is 15. The number of carbonyl (C=O) groups excluding carboxylic acids is 9. The number of pyridine rings is 1. The topological polar surface area (TPSA) is 486 Å². The maximum absolute atomic E-state index is 13.5. The van der Waals surface area contributed by atoms with Crippen molar-refractivity contribution in [3.8, 4) is 34.3 Å². The standard InChI is InChI=1S/C36H37N7O6.C35H41N7O7.C31H39N7O7/c1-35(2,3)30-21-31(43(40-30)25-11-9-24(10-12-25)22-42-33(45)36(47,48)32(44)41(42)4)39-34(46)38-28-13-14-29(27-8-6-5-7-26(27)28)49-20-17-23-15-18-37-19-16-23;1-34(2,3)29-21-30(42(38-29)24-11-9-23(10-12-24)22-41-32(44)35(46,47)31(43)39(41)4)37-33(45)36-27-13-14-28(26-8-6-5-7-25(26)27)49-20-17-40-15-18-48-19-16-40;1-30(2,3)25-19-26(33-29(41)32-22-7-11-24(12-8-22)45-18-15-36-13-16-44-17-14-36)38(34-25)23-9-5-21(6-10-23)20-37-28(40)31(42,43)27(39)35(37)4/h5-16,18-19,21,47-48H,17,20,22H2,1-4H3,(H2,38,39,46);5-14,21,46-47H,15-20,22H2,1-4H3,(H2,36,37,45);5-12,19,42-43H,13-18,20H2,1-4H3,(H2,32,33,41). The number of anilines is 6. The molecule has 0 radical (unpaired) electrons. The van der Waals surface area contributed by atoms with Gasteiger partial charge in [-0.1, -0.05) is 147 Å². The van der Waals surface area contributed by atoms with Gasteiger partial charge >= 0.3 is 70.9 Å². The van der Waals surface area contributed by atoms with Gasteiger partial charge in [-0.15, -0.1) is 0 Å². The molecule has 0 saturated carbocycles. The fourth-order valence-electron chi connectivity index (χ4n) is 16.1. The van der Waals surface area contributed by atoms with E-state index in [2.05, 4.69) is 46.7 Å². The van der Waals surface area contributed by atoms with Crippen molar-refractivity contribution in [1.29, 1.82) is 0 Å². The summed E-state index contributed by atoms with van der Waals surface area (Å²) >= 11 is 0. The van der Waals surface area contributed by atoms with Crippen LogP contribution in [0.25, 0.3) is 38.6 Å². The number of hydrazine groups is 3. The average molecular weight is 1960 g/mol. The number of urea groups is 3. The molecule has 0 unspecified atom stereocenters. The zero-order valence-corrected chi connectivity index (χ0v) is 81.3. The Hall–Kier alpha value is -15.3. The Morgan fingerprint density at radius 2 is 0.685 bits per heavy atom. The van der Waals surface area contributed by atoms with Crippen molar-refractivity contribution in [2.24, 2.45) is 0 Å². The number of morpholine rings is 2. The number of carbonyl (C=O) groups is 9. The molecule has 0 bridgehead atoms. The second-order valence-electron chi connectivity index (χ2n) is 38.0. The monoisotopic (exact) mass is 1960 g/mol. The van der Waals surface area contributed by atoms with E-state index in [1.165, 1.54) is 21.1 Å². The summed E-state index contributed by atoms with van der Waals surface area (Å²) in [4.78, 5) is 122. The van der Waals surface area contributed by atoms with Crippen LogP contribution in [0.3, 0.4) is 0 Å². The van der Waals surface area contributed by atoms with E-state index in [9.17, 15) is 73.8 Å². The largest absolute Gasteiger partial charge is 0.493 e. The Kier molecular flexibility index (Phi) is 30.4. The van der Waals surface area contributed by atoms with Gasteiger partial charge in [0.2, 0.25) is 0 Å². The lowest BCUT2D eigenvalue weighted by Gasteiger charge is -2.26. The first-order chi connectivity index (χ1) is 68.0. The molecule has 5 aliphatic heterocycles. The third kappa shape index (κ3) is 23.6. The minimum atomic E-state index is -3.09. The zero-order chi connectivity index (χ0) is 102. The van der Waals surface area contributed by atoms with Crippen LogP contribution in [0.2, 0.25) is 0 Å². The van der Waals surface area contributed by atoms with E-state index < -0.39 is 70.9 Å². The molecule has 17 rings (SSSR count). The van der Waals surface area contributed by atoms with Crippen LogP contribution in [0.1, 0.15) is 102 Å². The highest BCUT2D eigenvalue weighted by Gasteiger charge is 2.58. The number of nitrogens with one attached hydrogen (secondary N) is 6. The summed E-state index contributed by atoms with van der Waals surface area (Å²) in [6.07, 6.45) is 4.25. The number of aromatic nitrogens is 7. The SMILES string of the molecule is CN1C(=O)C(O)(O)C(=O)N1Cc1ccc(-n2nc(C(C)(C)C)cc2NC(=O)Nc2ccc(OCCN3CCOCC3)c3ccccc23)cc1.CN1C(=O)C(O)(O)C(=O)N1Cc1ccc(-n2nc(C(C)(C)C)cc2NC(=O)Nc2ccc(OCCN3CCOCC3)cc2)cc1.CN1C(=O)C(O)(O)C(=O)N1Cc1ccc(-n2nc(C(C)(C)C)cc2NC(=O)Nc2ccc(OCCc3ccncc3)c3ccccc23)cc1. The van der Waals surface area contributed by atoms with Gasteiger partial charge in [-0.3, -0.25) is 59.5 Å². The molecule has 9 heterocycles. The second kappa shape index (κ2) is 42.6. The molecule has 41 nitrogen and oxygen atoms in total. The number of benzene rings is 8. The first-order valence-corrected chi connectivity index (χ1v) is 46.5. The number of fused-ring (bicyclic) bond motifs is 2. The fraction of sp³-hybridized carbons (Fsp3) is 0.343. The molecule has 143 heavy (non-hydrogen) atoms. The highest BCUT2D eigenvalue weighted by molar-refractivity contribution is 6.13. The van der Waals surface area contributed by atoms with Crippen molar-refractivity contribution in [3.63, 3.8) is 0 Å². The molecule has 41 heteroatoms. The predicted molar refractivity (Wildman–Crippen MR) is 529 cm³/mol. The van der Waals surface area contributed by atoms with Crippen LogP contribution in [-0.2, 0) is 80.5 Å². The van der Waals surface area contributed by atoms with Crippen LogP contribution in [-0.4, -0.2) is 282 Å². The summed E-state index contributed by atoms with van der Waals surface area (Å²) in [5, 5.41) is 99.9. The molecule has 12 N–H and O–H groups in total. The average Bonchev–Trinajstić information content (AvgIpc) is 1.62. The zero-order valence-electron chi connectivity index (χ0n) is 81.3. The van der Waals surface area contributed by atoms with Crippen LogP contribution in [0.5, 0.6) is 17.2 Å². The maximum Gasteiger partial charge on any atom is 0.330 e. The Morgan fingerprint density at radius 3 is 1.01 bits per heavy atom. The van der Waals surface area contributed by atoms with Crippen molar-refractivity contribution >= 4 is 110 Å². The molecule has 4 aromatic heterocycles. The lowest BCUT2D eigenvalue weighted by molar-refractivity contribution is -0.186. The molecule has 5 fully saturated rings. The van der Waals surface area contributed by atoms with Crippen LogP contribution in [0, 0.1) is 0 Å². The number of aliphatic hydroxyl groups is 6. The van der Waals surface area contributed by atoms with Gasteiger partial charge in [0.05, 0.1) is 98.2 Å². The number of hydrogen-bond donors (Lipinski definition) is 12. The normalized spacial score (nSPS) is 16.1. The molecule has 750 valence electrons. The Bertz CT molecular complexity index is 6660. The summed E-state index contributed by atoms with van der Waals surface area (Å²) < 4.78 is 33.8. The van der Waals surface area contributed by atoms with Gasteiger partial charge < -0.3 is 70.3 Å². The molecule has 0 atom stereocenters. The van der Waals surface area contributed by atoms with Crippen LogP contribution in [0.4, 0.5) is 48.9 Å². The van der Waals surface area contributed by atoms with E-state index in [4.69, 9.17) is 39.0 Å². The van der Waals surface area contributed by atoms with Gasteiger partial charge in [0.25, 0.3) is 0 Å². The van der Waals surface area contributed by atoms with Crippen LogP contribution < -0.4 is 46.1 Å². The van der Waals surface area contributed by atoms with Crippen molar-refractivity contribution in [1.82, 2.24) is 74.2 Å². The van der Waals surface area contributed by atoms with E-state index in [1.807, 2.05) is 178 Å². The smallest absolute Gasteiger partial charge is 0.330 e. The summed E-state index contributed by atoms with van der Waals surface area (Å²) in [5.74, 6) is -12.5. The molecule has 5 saturated heterocycles. The Balaban J connectivity index is 0.000000162. The van der Waals surface area contributed by atoms with Crippen molar-refractivity contribution in [3.05, 3.63) is 252 Å². The van der Waals surface area contributed by atoms with E-state index in [0.29, 0.717) is 99.6 Å². The molecule has 12 aromatic rings. The number of likely N-dealkylation sites (N-methyl/N-ethyl adjacent to an activating group) is 3. The summed E-state index contributed by atoms with van der Waals surface area (Å²) in [7, 11) is 3.88. The molecule has 8 aromatic carbocycles. The predicted octanol–water partition coefficient (Wildman–Crippen LogP) is 9.38. The Morgan fingerprint density at radius 1 is 0.364 bits per heavy atom. The fourth-order valence-corrected chi connectivity index (χ4v) is 16.1. The molecule has 12 amide bonds. The van der Waals surface area contributed by atoms with Crippen molar-refractivity contribution < 1.29 is 97.5 Å². The minimum Gasteiger partial charge on any atom is -0.493 e. The van der Waals surface area contributed by atoms with Crippen LogP contribution >= 0.6 is 0 Å². The quantitative estimate of drug-likeness (QED) is 0.0168. The highest BCUT2D eigenvalue weighted by atomic mass is 16.5. The molecular formula is C102H117N21O20. The van der Waals surface area contributed by atoms with Gasteiger partial charge in [-0.2, -0.15) is 15.3 Å². The molecule has 0 aliphatic carbocycles. The minimum absolute atomic E-state index is 0.0538. The molecule has 5 aliphatic rings. The van der Waals surface area contributed by atoms with Crippen molar-refractivity contribution in [2.75, 3.05) is 139 Å². The third-order valence-electron chi connectivity index (χ3n) is 24.5. The summed E-state index contributed by atoms with van der Waals surface area (Å²) in [6.45, 7) is 27.8. The second-order valence-corrected chi connectivity index (χ2v) is 38.0. The number of hydrogen-bond acceptors (Lipinski definition) is 26. The highest BCUT2D eigenvalue weighted by Crippen LogP contribution is 2.38. The first kappa shape index (κ1) is 102. The lowest BCUT2D eigenvalue weighted by Crippen LogP contribution is -2.43. The molecule has 0 spiro atoms. The molecular weight excluding hydrogens is 1840 g/mol. The van der Waals surface area contributed by atoms with Gasteiger partial charge in [0.15, 0.2) is 0 Å². The third-order valence-corrected chi connectivity index (χ3v) is 24.5. The van der Waals surface area contributed by atoms with E-state index >= 15 is 0 Å². The van der Waals surface area contributed by atoms with E-state index in [0.717, 1.165) is 152 Å². The number of ether oxygens (including phenoxy) is 5. The number of rotatable bonds is 27. The van der Waals surface area contributed by atoms with Gasteiger partial charge in [0, 0.05) is 141 Å². The number of amides is 12. The van der Waals surface area contributed by atoms with Gasteiger partial charge in [0.1, 0.15) is 47.9 Å². The first-order valence-electron chi connectivity index (χ1n) is 46.5. The van der Waals surface area contributed by atoms with Gasteiger partial charge in [-0.05, 0) is 119 Å². The summed E-state index contributed by atoms with van der Waals surface area (Å²) in [5.41, 5.74) is 8.05. The van der Waals surface area contributed by atoms with E-state index in [-0.39, 0.29) is 35.9 Å². The van der Waals surface area contributed by atoms with Gasteiger partial charge in [-0.25, -0.2) is 58.5 Å². The lowest BCUT2D eigenvalue weighted by atomic mass is 9.92. The maximum atomic E-state index is 13.5. The van der Waals surface area contributed by atoms with E-state index in [1.54, 1.807) is 111 Å². The summed E-state index contributed by atoms with van der Waals surface area (Å²) in [6, 6.07) is 58.9. The van der Waals surface area contributed by atoms with Crippen LogP contribution in [0.15, 0.2) is 213 Å².